The van der Waals surface area contributed by atoms with Gasteiger partial charge in [0.2, 0.25) is 0 Å². The Bertz CT molecular complexity index is 862. The average molecular weight is 759 g/mol. The van der Waals surface area contributed by atoms with Crippen molar-refractivity contribution in [1.82, 2.24) is 0 Å². The van der Waals surface area contributed by atoms with Crippen LogP contribution >= 0.6 is 0 Å². The molecule has 5 heteroatoms. The van der Waals surface area contributed by atoms with Gasteiger partial charge in [-0.25, -0.2) is 0 Å². The minimum absolute atomic E-state index is 0.0807. The molecule has 0 bridgehead atoms. The highest BCUT2D eigenvalue weighted by Gasteiger charge is 2.17. The molecule has 0 saturated carbocycles. The van der Waals surface area contributed by atoms with Crippen molar-refractivity contribution < 1.29 is 23.8 Å². The van der Waals surface area contributed by atoms with Crippen molar-refractivity contribution in [1.29, 1.82) is 0 Å². The fourth-order valence-corrected chi connectivity index (χ4v) is 6.60. The summed E-state index contributed by atoms with van der Waals surface area (Å²) in [7, 11) is 0. The number of hydrogen-bond donors (Lipinski definition) is 0. The van der Waals surface area contributed by atoms with Crippen LogP contribution < -0.4 is 0 Å². The zero-order valence-corrected chi connectivity index (χ0v) is 36.2. The van der Waals surface area contributed by atoms with E-state index in [4.69, 9.17) is 14.2 Å². The fourth-order valence-electron chi connectivity index (χ4n) is 6.60. The monoisotopic (exact) mass is 759 g/mol. The van der Waals surface area contributed by atoms with Crippen molar-refractivity contribution in [2.75, 3.05) is 19.8 Å². The Hall–Kier alpha value is -1.88. The van der Waals surface area contributed by atoms with Gasteiger partial charge in [-0.1, -0.05) is 192 Å². The van der Waals surface area contributed by atoms with Crippen molar-refractivity contribution >= 4 is 11.9 Å². The van der Waals surface area contributed by atoms with Gasteiger partial charge in [-0.05, 0) is 70.6 Å². The predicted octanol–water partition coefficient (Wildman–Crippen LogP) is 15.4. The quantitative estimate of drug-likeness (QED) is 0.0352. The Kier molecular flexibility index (Phi) is 43.9. The summed E-state index contributed by atoms with van der Waals surface area (Å²) in [6, 6.07) is 0. The van der Waals surface area contributed by atoms with E-state index in [2.05, 4.69) is 57.2 Å². The van der Waals surface area contributed by atoms with Crippen LogP contribution in [0.25, 0.3) is 0 Å². The molecule has 0 heterocycles. The van der Waals surface area contributed by atoms with Gasteiger partial charge in [0.25, 0.3) is 0 Å². The van der Waals surface area contributed by atoms with Gasteiger partial charge in [-0.2, -0.15) is 0 Å². The Balaban J connectivity index is 4.17. The highest BCUT2D eigenvalue weighted by Crippen LogP contribution is 2.14. The maximum atomic E-state index is 12.7. The summed E-state index contributed by atoms with van der Waals surface area (Å²) in [5.74, 6) is -0.412. The van der Waals surface area contributed by atoms with E-state index in [0.29, 0.717) is 19.4 Å². The molecule has 0 radical (unpaired) electrons. The second kappa shape index (κ2) is 45.5. The Morgan fingerprint density at radius 3 is 1.31 bits per heavy atom. The highest BCUT2D eigenvalue weighted by atomic mass is 16.6. The van der Waals surface area contributed by atoms with Crippen molar-refractivity contribution in [3.63, 3.8) is 0 Å². The second-order valence-electron chi connectivity index (χ2n) is 15.7. The van der Waals surface area contributed by atoms with Gasteiger partial charge in [0.1, 0.15) is 6.61 Å². The molecule has 5 nitrogen and oxygen atoms in total. The van der Waals surface area contributed by atoms with Gasteiger partial charge in [0.15, 0.2) is 6.10 Å². The van der Waals surface area contributed by atoms with E-state index in [-0.39, 0.29) is 25.2 Å². The van der Waals surface area contributed by atoms with E-state index in [9.17, 15) is 9.59 Å². The molecular weight excluding hydrogens is 669 g/mol. The molecule has 0 amide bonds. The molecule has 0 fully saturated rings. The van der Waals surface area contributed by atoms with Crippen LogP contribution in [0.3, 0.4) is 0 Å². The minimum Gasteiger partial charge on any atom is -0.462 e. The number of hydrogen-bond acceptors (Lipinski definition) is 5. The zero-order valence-electron chi connectivity index (χ0n) is 36.2. The van der Waals surface area contributed by atoms with Crippen molar-refractivity contribution in [2.45, 2.75) is 245 Å². The lowest BCUT2D eigenvalue weighted by Gasteiger charge is -2.18. The molecule has 0 aromatic rings. The van der Waals surface area contributed by atoms with Gasteiger partial charge in [0, 0.05) is 19.4 Å². The van der Waals surface area contributed by atoms with E-state index < -0.39 is 6.10 Å². The van der Waals surface area contributed by atoms with Gasteiger partial charge >= 0.3 is 11.9 Å². The molecule has 0 aliphatic carbocycles. The van der Waals surface area contributed by atoms with Crippen LogP contribution in [-0.4, -0.2) is 37.9 Å². The third kappa shape index (κ3) is 42.9. The van der Waals surface area contributed by atoms with E-state index in [1.54, 1.807) is 0 Å². The van der Waals surface area contributed by atoms with Crippen molar-refractivity contribution in [3.05, 3.63) is 36.5 Å². The molecule has 0 aromatic heterocycles. The summed E-state index contributed by atoms with van der Waals surface area (Å²) in [6.45, 7) is 7.74. The second-order valence-corrected chi connectivity index (χ2v) is 15.7. The highest BCUT2D eigenvalue weighted by molar-refractivity contribution is 5.70. The fraction of sp³-hybridized carbons (Fsp3) is 0.837. The number of allylic oxidation sites excluding steroid dienone is 6. The number of rotatable bonds is 43. The first-order chi connectivity index (χ1) is 26.6. The molecule has 0 rings (SSSR count). The molecule has 1 atom stereocenters. The molecule has 0 saturated heterocycles. The molecule has 1 unspecified atom stereocenters. The Morgan fingerprint density at radius 1 is 0.407 bits per heavy atom. The first-order valence-corrected chi connectivity index (χ1v) is 23.5. The van der Waals surface area contributed by atoms with Crippen LogP contribution in [-0.2, 0) is 23.8 Å². The standard InChI is InChI=1S/C49H90O5/c1-4-7-10-13-16-19-21-23-24-25-26-28-29-31-33-36-39-42-48(50)53-46-47(45-52-44-41-38-35-18-15-12-9-6-3)54-49(51)43-40-37-34-32-30-27-22-20-17-14-11-8-5-2/h11,14,20,22-24,47H,4-10,12-13,15-19,21,25-46H2,1-3H3/b14-11-,22-20-,24-23-. The summed E-state index contributed by atoms with van der Waals surface area (Å²) in [5.41, 5.74) is 0. The van der Waals surface area contributed by atoms with Crippen LogP contribution in [0, 0.1) is 0 Å². The van der Waals surface area contributed by atoms with Crippen LogP contribution in [0.2, 0.25) is 0 Å². The summed E-state index contributed by atoms with van der Waals surface area (Å²) in [5, 5.41) is 0. The molecular formula is C49H90O5. The molecule has 0 N–H and O–H groups in total. The minimum atomic E-state index is -0.538. The van der Waals surface area contributed by atoms with Crippen LogP contribution in [0.15, 0.2) is 36.5 Å². The lowest BCUT2D eigenvalue weighted by Crippen LogP contribution is -2.30. The maximum absolute atomic E-state index is 12.7. The summed E-state index contributed by atoms with van der Waals surface area (Å²) in [6.07, 6.45) is 52.8. The van der Waals surface area contributed by atoms with Gasteiger partial charge < -0.3 is 14.2 Å². The predicted molar refractivity (Wildman–Crippen MR) is 233 cm³/mol. The molecule has 0 aliphatic rings. The molecule has 0 aromatic carbocycles. The summed E-state index contributed by atoms with van der Waals surface area (Å²) in [4.78, 5) is 25.2. The van der Waals surface area contributed by atoms with Crippen molar-refractivity contribution in [2.24, 2.45) is 0 Å². The zero-order chi connectivity index (χ0) is 39.3. The molecule has 54 heavy (non-hydrogen) atoms. The van der Waals surface area contributed by atoms with E-state index in [1.807, 2.05) is 0 Å². The lowest BCUT2D eigenvalue weighted by molar-refractivity contribution is -0.163. The summed E-state index contributed by atoms with van der Waals surface area (Å²) < 4.78 is 17.3. The Labute approximate surface area is 336 Å². The van der Waals surface area contributed by atoms with Crippen LogP contribution in [0.1, 0.15) is 239 Å². The smallest absolute Gasteiger partial charge is 0.306 e. The Morgan fingerprint density at radius 2 is 0.815 bits per heavy atom. The third-order valence-electron chi connectivity index (χ3n) is 10.1. The first kappa shape index (κ1) is 52.1. The van der Waals surface area contributed by atoms with Gasteiger partial charge in [-0.3, -0.25) is 9.59 Å². The number of esters is 2. The topological polar surface area (TPSA) is 61.8 Å². The van der Waals surface area contributed by atoms with E-state index >= 15 is 0 Å². The normalized spacial score (nSPS) is 12.4. The number of carbonyl (C=O) groups is 2. The van der Waals surface area contributed by atoms with Gasteiger partial charge in [0.05, 0.1) is 6.61 Å². The number of ether oxygens (including phenoxy) is 3. The SMILES string of the molecule is CCC/C=C\C/C=C\CCCCCCCC(=O)OC(COCCCCCCCCCC)COC(=O)CCCCCCCCC/C=C\CCCCCCCC. The maximum Gasteiger partial charge on any atom is 0.306 e. The lowest BCUT2D eigenvalue weighted by atomic mass is 10.1. The first-order valence-electron chi connectivity index (χ1n) is 23.5. The van der Waals surface area contributed by atoms with E-state index in [1.165, 1.54) is 148 Å². The van der Waals surface area contributed by atoms with Gasteiger partial charge in [-0.15, -0.1) is 0 Å². The molecule has 0 spiro atoms. The number of carbonyl (C=O) groups excluding carboxylic acids is 2. The number of unbranched alkanes of at least 4 members (excludes halogenated alkanes) is 26. The van der Waals surface area contributed by atoms with Crippen LogP contribution in [0.5, 0.6) is 0 Å². The third-order valence-corrected chi connectivity index (χ3v) is 10.1. The summed E-state index contributed by atoms with van der Waals surface area (Å²) >= 11 is 0. The van der Waals surface area contributed by atoms with Crippen LogP contribution in [0.4, 0.5) is 0 Å². The average Bonchev–Trinajstić information content (AvgIpc) is 3.17. The largest absolute Gasteiger partial charge is 0.462 e. The van der Waals surface area contributed by atoms with Crippen molar-refractivity contribution in [3.8, 4) is 0 Å². The molecule has 316 valence electrons. The van der Waals surface area contributed by atoms with E-state index in [0.717, 1.165) is 57.8 Å². The molecule has 0 aliphatic heterocycles.